The van der Waals surface area contributed by atoms with Gasteiger partial charge in [0.2, 0.25) is 10.0 Å². The van der Waals surface area contributed by atoms with Gasteiger partial charge in [0, 0.05) is 23.0 Å². The normalized spacial score (nSPS) is 22.9. The van der Waals surface area contributed by atoms with E-state index in [-0.39, 0.29) is 22.7 Å². The molecule has 2 atom stereocenters. The standard InChI is InChI=1S/C13H17ClN2O4S/c14-11-6-2-3-7-12(11)15-21(19,20)9-10-5-1-4-8-13(10)16(17)18/h1,4-5,8,11-12,15H,2-3,6-7,9H2. The van der Waals surface area contributed by atoms with E-state index in [1.54, 1.807) is 6.07 Å². The van der Waals surface area contributed by atoms with Crippen molar-refractivity contribution < 1.29 is 13.3 Å². The Hall–Kier alpha value is -1.18. The summed E-state index contributed by atoms with van der Waals surface area (Å²) >= 11 is 6.14. The lowest BCUT2D eigenvalue weighted by Crippen LogP contribution is -2.43. The molecule has 116 valence electrons. The molecule has 0 saturated heterocycles. The fourth-order valence-corrected chi connectivity index (χ4v) is 4.40. The first-order valence-electron chi connectivity index (χ1n) is 6.75. The summed E-state index contributed by atoms with van der Waals surface area (Å²) in [6.45, 7) is 0. The molecule has 8 heteroatoms. The van der Waals surface area contributed by atoms with Crippen molar-refractivity contribution in [2.24, 2.45) is 0 Å². The van der Waals surface area contributed by atoms with E-state index in [1.165, 1.54) is 18.2 Å². The van der Waals surface area contributed by atoms with E-state index in [0.717, 1.165) is 19.3 Å². The van der Waals surface area contributed by atoms with Gasteiger partial charge in [0.25, 0.3) is 5.69 Å². The number of benzene rings is 1. The number of sulfonamides is 1. The van der Waals surface area contributed by atoms with E-state index in [2.05, 4.69) is 4.72 Å². The van der Waals surface area contributed by atoms with Crippen LogP contribution in [-0.4, -0.2) is 24.8 Å². The third-order valence-electron chi connectivity index (χ3n) is 3.55. The molecule has 2 unspecified atom stereocenters. The topological polar surface area (TPSA) is 89.3 Å². The van der Waals surface area contributed by atoms with Gasteiger partial charge in [-0.2, -0.15) is 0 Å². The molecule has 1 aromatic carbocycles. The van der Waals surface area contributed by atoms with Gasteiger partial charge in [-0.15, -0.1) is 11.6 Å². The molecule has 1 aliphatic carbocycles. The molecular formula is C13H17ClN2O4S. The lowest BCUT2D eigenvalue weighted by atomic mass is 9.96. The third-order valence-corrected chi connectivity index (χ3v) is 5.42. The summed E-state index contributed by atoms with van der Waals surface area (Å²) in [5.74, 6) is -0.412. The van der Waals surface area contributed by atoms with Gasteiger partial charge in [0.15, 0.2) is 0 Å². The summed E-state index contributed by atoms with van der Waals surface area (Å²) in [6.07, 6.45) is 3.41. The zero-order valence-corrected chi connectivity index (χ0v) is 12.9. The van der Waals surface area contributed by atoms with E-state index in [9.17, 15) is 18.5 Å². The van der Waals surface area contributed by atoms with Gasteiger partial charge in [-0.25, -0.2) is 13.1 Å². The second kappa shape index (κ2) is 6.72. The van der Waals surface area contributed by atoms with Crippen molar-refractivity contribution in [3.8, 4) is 0 Å². The van der Waals surface area contributed by atoms with E-state index in [4.69, 9.17) is 11.6 Å². The minimum atomic E-state index is -3.66. The quantitative estimate of drug-likeness (QED) is 0.510. The van der Waals surface area contributed by atoms with E-state index < -0.39 is 20.7 Å². The number of nitrogens with one attached hydrogen (secondary N) is 1. The van der Waals surface area contributed by atoms with Gasteiger partial charge in [-0.3, -0.25) is 10.1 Å². The van der Waals surface area contributed by atoms with Crippen LogP contribution < -0.4 is 4.72 Å². The van der Waals surface area contributed by atoms with Crippen LogP contribution in [0.5, 0.6) is 0 Å². The number of hydrogen-bond acceptors (Lipinski definition) is 4. The van der Waals surface area contributed by atoms with Crippen LogP contribution in [0.25, 0.3) is 0 Å². The lowest BCUT2D eigenvalue weighted by molar-refractivity contribution is -0.385. The molecule has 0 amide bonds. The average molecular weight is 333 g/mol. The van der Waals surface area contributed by atoms with Crippen molar-refractivity contribution in [2.45, 2.75) is 42.9 Å². The van der Waals surface area contributed by atoms with Gasteiger partial charge >= 0.3 is 0 Å². The molecular weight excluding hydrogens is 316 g/mol. The zero-order chi connectivity index (χ0) is 15.5. The van der Waals surface area contributed by atoms with Gasteiger partial charge < -0.3 is 0 Å². The Balaban J connectivity index is 2.12. The van der Waals surface area contributed by atoms with Crippen LogP contribution in [0, 0.1) is 10.1 Å². The maximum absolute atomic E-state index is 12.2. The molecule has 6 nitrogen and oxygen atoms in total. The van der Waals surface area contributed by atoms with Gasteiger partial charge in [0.05, 0.1) is 10.7 Å². The monoisotopic (exact) mass is 332 g/mol. The molecule has 0 spiro atoms. The minimum absolute atomic E-state index is 0.178. The maximum atomic E-state index is 12.2. The molecule has 1 aromatic rings. The summed E-state index contributed by atoms with van der Waals surface area (Å²) in [6, 6.07) is 5.56. The molecule has 0 radical (unpaired) electrons. The average Bonchev–Trinajstić information content (AvgIpc) is 2.41. The number of nitrogens with zero attached hydrogens (tertiary/aromatic N) is 1. The Bertz CT molecular complexity index is 620. The summed E-state index contributed by atoms with van der Waals surface area (Å²) in [4.78, 5) is 10.3. The summed E-state index contributed by atoms with van der Waals surface area (Å²) in [5.41, 5.74) is -0.00845. The van der Waals surface area contributed by atoms with E-state index >= 15 is 0 Å². The van der Waals surface area contributed by atoms with Crippen LogP contribution in [0.1, 0.15) is 31.2 Å². The van der Waals surface area contributed by atoms with Gasteiger partial charge in [-0.05, 0) is 12.8 Å². The van der Waals surface area contributed by atoms with Crippen molar-refractivity contribution in [1.82, 2.24) is 4.72 Å². The van der Waals surface area contributed by atoms with Crippen LogP contribution >= 0.6 is 11.6 Å². The summed E-state index contributed by atoms with van der Waals surface area (Å²) in [7, 11) is -3.66. The maximum Gasteiger partial charge on any atom is 0.273 e. The van der Waals surface area contributed by atoms with Crippen molar-refractivity contribution >= 4 is 27.3 Å². The minimum Gasteiger partial charge on any atom is -0.258 e. The molecule has 2 rings (SSSR count). The van der Waals surface area contributed by atoms with Crippen LogP contribution in [0.4, 0.5) is 5.69 Å². The molecule has 1 aliphatic rings. The number of para-hydroxylation sites is 1. The van der Waals surface area contributed by atoms with Gasteiger partial charge in [0.1, 0.15) is 0 Å². The number of rotatable bonds is 5. The Morgan fingerprint density at radius 1 is 1.29 bits per heavy atom. The highest BCUT2D eigenvalue weighted by molar-refractivity contribution is 7.88. The first-order chi connectivity index (χ1) is 9.89. The van der Waals surface area contributed by atoms with Crippen LogP contribution in [0.2, 0.25) is 0 Å². The van der Waals surface area contributed by atoms with Crippen molar-refractivity contribution in [2.75, 3.05) is 0 Å². The second-order valence-corrected chi connectivity index (χ2v) is 7.48. The largest absolute Gasteiger partial charge is 0.273 e. The predicted molar refractivity (Wildman–Crippen MR) is 80.8 cm³/mol. The molecule has 1 saturated carbocycles. The van der Waals surface area contributed by atoms with Crippen LogP contribution in [-0.2, 0) is 15.8 Å². The molecule has 0 aromatic heterocycles. The molecule has 1 N–H and O–H groups in total. The van der Waals surface area contributed by atoms with E-state index in [0.29, 0.717) is 6.42 Å². The molecule has 1 fully saturated rings. The lowest BCUT2D eigenvalue weighted by Gasteiger charge is -2.27. The van der Waals surface area contributed by atoms with Crippen molar-refractivity contribution in [1.29, 1.82) is 0 Å². The number of nitro benzene ring substituents is 1. The highest BCUT2D eigenvalue weighted by atomic mass is 35.5. The predicted octanol–water partition coefficient (Wildman–Crippen LogP) is 2.56. The van der Waals surface area contributed by atoms with E-state index in [1.807, 2.05) is 0 Å². The van der Waals surface area contributed by atoms with Crippen LogP contribution in [0.15, 0.2) is 24.3 Å². The number of alkyl halides is 1. The Morgan fingerprint density at radius 2 is 1.95 bits per heavy atom. The van der Waals surface area contributed by atoms with Gasteiger partial charge in [-0.1, -0.05) is 31.0 Å². The Labute approximate surface area is 128 Å². The first-order valence-corrected chi connectivity index (χ1v) is 8.84. The first kappa shape index (κ1) is 16.2. The summed E-state index contributed by atoms with van der Waals surface area (Å²) in [5, 5.41) is 10.7. The number of nitro groups is 1. The highest BCUT2D eigenvalue weighted by Crippen LogP contribution is 2.25. The Morgan fingerprint density at radius 3 is 2.62 bits per heavy atom. The van der Waals surface area contributed by atoms with Crippen molar-refractivity contribution in [3.63, 3.8) is 0 Å². The molecule has 0 bridgehead atoms. The molecule has 0 heterocycles. The fraction of sp³-hybridized carbons (Fsp3) is 0.538. The smallest absolute Gasteiger partial charge is 0.258 e. The second-order valence-electron chi connectivity index (χ2n) is 5.17. The third kappa shape index (κ3) is 4.39. The Kier molecular flexibility index (Phi) is 5.18. The molecule has 21 heavy (non-hydrogen) atoms. The number of halogens is 1. The SMILES string of the molecule is O=[N+]([O-])c1ccccc1CS(=O)(=O)NC1CCCCC1Cl. The highest BCUT2D eigenvalue weighted by Gasteiger charge is 2.28. The fourth-order valence-electron chi connectivity index (χ4n) is 2.51. The van der Waals surface area contributed by atoms with Crippen LogP contribution in [0.3, 0.4) is 0 Å². The number of hydrogen-bond donors (Lipinski definition) is 1. The molecule has 0 aliphatic heterocycles. The zero-order valence-electron chi connectivity index (χ0n) is 11.4. The van der Waals surface area contributed by atoms with Crippen molar-refractivity contribution in [3.05, 3.63) is 39.9 Å². The summed E-state index contributed by atoms with van der Waals surface area (Å²) < 4.78 is 27.0.